The van der Waals surface area contributed by atoms with E-state index in [1.807, 2.05) is 6.07 Å². The van der Waals surface area contributed by atoms with Gasteiger partial charge in [0.05, 0.1) is 0 Å². The quantitative estimate of drug-likeness (QED) is 0.879. The normalized spacial score (nSPS) is 15.9. The second-order valence-electron chi connectivity index (χ2n) is 6.19. The van der Waals surface area contributed by atoms with E-state index in [1.54, 1.807) is 42.6 Å². The summed E-state index contributed by atoms with van der Waals surface area (Å²) in [5.74, 6) is -0.0422. The molecule has 0 spiro atoms. The Morgan fingerprint density at radius 1 is 1.12 bits per heavy atom. The summed E-state index contributed by atoms with van der Waals surface area (Å²) in [5.41, 5.74) is 1.62. The van der Waals surface area contributed by atoms with Gasteiger partial charge >= 0.3 is 0 Å². The van der Waals surface area contributed by atoms with Gasteiger partial charge in [-0.3, -0.25) is 14.6 Å². The molecule has 1 aromatic carbocycles. The average Bonchev–Trinajstić information content (AvgIpc) is 2.63. The van der Waals surface area contributed by atoms with E-state index in [4.69, 9.17) is 0 Å². The number of aromatic nitrogens is 1. The Morgan fingerprint density at radius 2 is 1.92 bits per heavy atom. The second-order valence-corrected chi connectivity index (χ2v) is 6.19. The predicted molar refractivity (Wildman–Crippen MR) is 93.2 cm³/mol. The first kappa shape index (κ1) is 16.3. The summed E-state index contributed by atoms with van der Waals surface area (Å²) in [7, 11) is 2.08. The number of benzene rings is 1. The molecular formula is C19H21N3O2. The smallest absolute Gasteiger partial charge is 0.274 e. The van der Waals surface area contributed by atoms with Crippen LogP contribution in [0.4, 0.5) is 5.69 Å². The fourth-order valence-electron chi connectivity index (χ4n) is 2.95. The SMILES string of the molecule is CN1CCC(C(=O)c2cccc(NC(=O)c3ccccn3)c2)CC1. The second kappa shape index (κ2) is 7.36. The van der Waals surface area contributed by atoms with E-state index in [0.717, 1.165) is 25.9 Å². The minimum atomic E-state index is -0.278. The predicted octanol–water partition coefficient (Wildman–Crippen LogP) is 2.86. The molecule has 1 N–H and O–H groups in total. The molecule has 0 radical (unpaired) electrons. The van der Waals surface area contributed by atoms with E-state index in [1.165, 1.54) is 0 Å². The number of nitrogens with one attached hydrogen (secondary N) is 1. The molecule has 1 aliphatic heterocycles. The summed E-state index contributed by atoms with van der Waals surface area (Å²) >= 11 is 0. The largest absolute Gasteiger partial charge is 0.321 e. The molecule has 24 heavy (non-hydrogen) atoms. The standard InChI is InChI=1S/C19H21N3O2/c1-22-11-8-14(9-12-22)18(23)15-5-4-6-16(13-15)21-19(24)17-7-2-3-10-20-17/h2-7,10,13-14H,8-9,11-12H2,1H3,(H,21,24). The number of likely N-dealkylation sites (tertiary alicyclic amines) is 1. The van der Waals surface area contributed by atoms with Gasteiger partial charge in [0.15, 0.2) is 5.78 Å². The van der Waals surface area contributed by atoms with Crippen LogP contribution >= 0.6 is 0 Å². The number of rotatable bonds is 4. The minimum Gasteiger partial charge on any atom is -0.321 e. The van der Waals surface area contributed by atoms with Gasteiger partial charge in [-0.25, -0.2) is 0 Å². The number of ketones is 1. The van der Waals surface area contributed by atoms with Crippen molar-refractivity contribution in [2.75, 3.05) is 25.5 Å². The van der Waals surface area contributed by atoms with E-state index in [-0.39, 0.29) is 17.6 Å². The third-order valence-corrected chi connectivity index (χ3v) is 4.39. The molecule has 1 aliphatic rings. The maximum absolute atomic E-state index is 12.7. The molecule has 1 saturated heterocycles. The molecule has 2 aromatic rings. The zero-order valence-corrected chi connectivity index (χ0v) is 13.7. The van der Waals surface area contributed by atoms with Crippen molar-refractivity contribution in [1.82, 2.24) is 9.88 Å². The van der Waals surface area contributed by atoms with Crippen LogP contribution in [0.5, 0.6) is 0 Å². The van der Waals surface area contributed by atoms with E-state index in [0.29, 0.717) is 16.9 Å². The number of pyridine rings is 1. The van der Waals surface area contributed by atoms with Crippen LogP contribution in [0.3, 0.4) is 0 Å². The lowest BCUT2D eigenvalue weighted by atomic mass is 9.89. The van der Waals surface area contributed by atoms with Crippen LogP contribution in [-0.2, 0) is 0 Å². The zero-order chi connectivity index (χ0) is 16.9. The van der Waals surface area contributed by atoms with Crippen molar-refractivity contribution in [1.29, 1.82) is 0 Å². The lowest BCUT2D eigenvalue weighted by Crippen LogP contribution is -2.33. The highest BCUT2D eigenvalue weighted by atomic mass is 16.2. The van der Waals surface area contributed by atoms with Crippen molar-refractivity contribution in [3.05, 3.63) is 59.9 Å². The van der Waals surface area contributed by atoms with Gasteiger partial charge in [-0.05, 0) is 57.2 Å². The zero-order valence-electron chi connectivity index (χ0n) is 13.7. The van der Waals surface area contributed by atoms with Crippen LogP contribution < -0.4 is 5.32 Å². The van der Waals surface area contributed by atoms with Crippen molar-refractivity contribution in [2.24, 2.45) is 5.92 Å². The van der Waals surface area contributed by atoms with E-state index >= 15 is 0 Å². The van der Waals surface area contributed by atoms with Crippen molar-refractivity contribution in [3.63, 3.8) is 0 Å². The maximum atomic E-state index is 12.7. The Balaban J connectivity index is 1.70. The number of amides is 1. The molecule has 124 valence electrons. The van der Waals surface area contributed by atoms with Gasteiger partial charge in [0.2, 0.25) is 0 Å². The number of carbonyl (C=O) groups is 2. The Kier molecular flexibility index (Phi) is 5.01. The van der Waals surface area contributed by atoms with E-state index in [2.05, 4.69) is 22.2 Å². The van der Waals surface area contributed by atoms with Crippen molar-refractivity contribution >= 4 is 17.4 Å². The van der Waals surface area contributed by atoms with Crippen LogP contribution in [0.2, 0.25) is 0 Å². The molecule has 0 bridgehead atoms. The number of carbonyl (C=O) groups excluding carboxylic acids is 2. The maximum Gasteiger partial charge on any atom is 0.274 e. The number of Topliss-reactive ketones (excluding diaryl/α,β-unsaturated/α-hetero) is 1. The average molecular weight is 323 g/mol. The van der Waals surface area contributed by atoms with Crippen LogP contribution in [0.1, 0.15) is 33.7 Å². The van der Waals surface area contributed by atoms with Gasteiger partial charge in [-0.1, -0.05) is 18.2 Å². The fourth-order valence-corrected chi connectivity index (χ4v) is 2.95. The number of hydrogen-bond donors (Lipinski definition) is 1. The van der Waals surface area contributed by atoms with Crippen molar-refractivity contribution in [2.45, 2.75) is 12.8 Å². The van der Waals surface area contributed by atoms with Crippen LogP contribution in [-0.4, -0.2) is 41.7 Å². The fraction of sp³-hybridized carbons (Fsp3) is 0.316. The van der Waals surface area contributed by atoms with Gasteiger partial charge in [0.1, 0.15) is 5.69 Å². The van der Waals surface area contributed by atoms with Crippen molar-refractivity contribution in [3.8, 4) is 0 Å². The Morgan fingerprint density at radius 3 is 2.62 bits per heavy atom. The third kappa shape index (κ3) is 3.86. The molecule has 5 nitrogen and oxygen atoms in total. The lowest BCUT2D eigenvalue weighted by molar-refractivity contribution is 0.0856. The van der Waals surface area contributed by atoms with Crippen LogP contribution in [0.25, 0.3) is 0 Å². The first-order valence-electron chi connectivity index (χ1n) is 8.18. The van der Waals surface area contributed by atoms with Crippen molar-refractivity contribution < 1.29 is 9.59 Å². The molecule has 1 aromatic heterocycles. The minimum absolute atomic E-state index is 0.0722. The van der Waals surface area contributed by atoms with Gasteiger partial charge in [0.25, 0.3) is 5.91 Å². The molecule has 0 aliphatic carbocycles. The van der Waals surface area contributed by atoms with Gasteiger partial charge in [0, 0.05) is 23.4 Å². The molecule has 2 heterocycles. The molecular weight excluding hydrogens is 302 g/mol. The molecule has 0 atom stereocenters. The number of anilines is 1. The third-order valence-electron chi connectivity index (χ3n) is 4.39. The molecule has 5 heteroatoms. The molecule has 1 fully saturated rings. The molecule has 3 rings (SSSR count). The highest BCUT2D eigenvalue weighted by Crippen LogP contribution is 2.22. The number of piperidine rings is 1. The summed E-state index contributed by atoms with van der Waals surface area (Å²) in [6.07, 6.45) is 3.36. The van der Waals surface area contributed by atoms with E-state index in [9.17, 15) is 9.59 Å². The first-order chi connectivity index (χ1) is 11.6. The van der Waals surface area contributed by atoms with Gasteiger partial charge in [-0.2, -0.15) is 0 Å². The Hall–Kier alpha value is -2.53. The Bertz CT molecular complexity index is 722. The molecule has 1 amide bonds. The summed E-state index contributed by atoms with van der Waals surface area (Å²) in [6.45, 7) is 1.90. The monoisotopic (exact) mass is 323 g/mol. The van der Waals surface area contributed by atoms with Gasteiger partial charge in [-0.15, -0.1) is 0 Å². The van der Waals surface area contributed by atoms with Crippen LogP contribution in [0.15, 0.2) is 48.7 Å². The van der Waals surface area contributed by atoms with Crippen LogP contribution in [0, 0.1) is 5.92 Å². The first-order valence-corrected chi connectivity index (χ1v) is 8.18. The molecule has 0 unspecified atom stereocenters. The summed E-state index contributed by atoms with van der Waals surface area (Å²) in [4.78, 5) is 31.1. The number of hydrogen-bond acceptors (Lipinski definition) is 4. The van der Waals surface area contributed by atoms with Gasteiger partial charge < -0.3 is 10.2 Å². The highest BCUT2D eigenvalue weighted by Gasteiger charge is 2.24. The lowest BCUT2D eigenvalue weighted by Gasteiger charge is -2.28. The summed E-state index contributed by atoms with van der Waals surface area (Å²) < 4.78 is 0. The molecule has 0 saturated carbocycles. The number of nitrogens with zero attached hydrogens (tertiary/aromatic N) is 2. The highest BCUT2D eigenvalue weighted by molar-refractivity contribution is 6.04. The Labute approximate surface area is 141 Å². The van der Waals surface area contributed by atoms with E-state index < -0.39 is 0 Å². The topological polar surface area (TPSA) is 62.3 Å². The summed E-state index contributed by atoms with van der Waals surface area (Å²) in [5, 5.41) is 2.80. The summed E-state index contributed by atoms with van der Waals surface area (Å²) in [6, 6.07) is 12.3.